The lowest BCUT2D eigenvalue weighted by atomic mass is 9.82. The van der Waals surface area contributed by atoms with Crippen LogP contribution in [-0.4, -0.2) is 42.3 Å². The minimum absolute atomic E-state index is 0.236. The van der Waals surface area contributed by atoms with E-state index >= 15 is 0 Å². The van der Waals surface area contributed by atoms with Gasteiger partial charge in [0.15, 0.2) is 0 Å². The summed E-state index contributed by atoms with van der Waals surface area (Å²) in [5.74, 6) is -1.43. The third-order valence-electron chi connectivity index (χ3n) is 4.88. The van der Waals surface area contributed by atoms with Gasteiger partial charge < -0.3 is 15.2 Å². The van der Waals surface area contributed by atoms with Gasteiger partial charge in [0.1, 0.15) is 12.6 Å². The average Bonchev–Trinajstić information content (AvgIpc) is 2.58. The van der Waals surface area contributed by atoms with Crippen LogP contribution in [0.25, 0.3) is 0 Å². The predicted octanol–water partition coefficient (Wildman–Crippen LogP) is 1.52. The Morgan fingerprint density at radius 1 is 1.09 bits per heavy atom. The maximum Gasteiger partial charge on any atom is 0.325 e. The summed E-state index contributed by atoms with van der Waals surface area (Å²) in [6.45, 7) is 0.166. The van der Waals surface area contributed by atoms with Crippen molar-refractivity contribution in [2.45, 2.75) is 63.5 Å². The Morgan fingerprint density at radius 3 is 2.52 bits per heavy atom. The molecule has 2 aliphatic carbocycles. The molecule has 7 heteroatoms. The Kier molecular flexibility index (Phi) is 6.95. The summed E-state index contributed by atoms with van der Waals surface area (Å²) < 4.78 is 5.20. The highest BCUT2D eigenvalue weighted by Crippen LogP contribution is 2.27. The van der Waals surface area contributed by atoms with E-state index in [1.165, 1.54) is 19.3 Å². The first-order chi connectivity index (χ1) is 11.1. The highest BCUT2D eigenvalue weighted by molar-refractivity contribution is 5.84. The van der Waals surface area contributed by atoms with Gasteiger partial charge in [0.05, 0.1) is 18.6 Å². The van der Waals surface area contributed by atoms with Crippen molar-refractivity contribution in [1.29, 1.82) is 0 Å². The van der Waals surface area contributed by atoms with Crippen LogP contribution in [0.4, 0.5) is 0 Å². The van der Waals surface area contributed by atoms with Crippen molar-refractivity contribution in [3.05, 3.63) is 4.91 Å². The number of amides is 1. The Morgan fingerprint density at radius 2 is 1.83 bits per heavy atom. The number of nitroso groups, excluding NO2 is 1. The molecule has 2 N–H and O–H groups in total. The zero-order valence-corrected chi connectivity index (χ0v) is 13.4. The summed E-state index contributed by atoms with van der Waals surface area (Å²) in [5, 5.41) is 15.3. The first-order valence-electron chi connectivity index (χ1n) is 8.55. The van der Waals surface area contributed by atoms with Gasteiger partial charge in [0.2, 0.25) is 5.91 Å². The fourth-order valence-electron chi connectivity index (χ4n) is 3.51. The number of carbonyl (C=O) groups excluding carboxylic acids is 2. The van der Waals surface area contributed by atoms with Crippen LogP contribution in [0.15, 0.2) is 5.18 Å². The predicted molar refractivity (Wildman–Crippen MR) is 83.5 cm³/mol. The summed E-state index contributed by atoms with van der Waals surface area (Å²) in [4.78, 5) is 34.6. The molecule has 0 aromatic heterocycles. The van der Waals surface area contributed by atoms with Gasteiger partial charge in [-0.25, -0.2) is 0 Å². The molecule has 0 heterocycles. The molecule has 0 saturated heterocycles. The van der Waals surface area contributed by atoms with Crippen molar-refractivity contribution in [3.8, 4) is 0 Å². The van der Waals surface area contributed by atoms with Gasteiger partial charge in [-0.05, 0) is 38.0 Å². The SMILES string of the molecule is O=NC1CCCC(O)C1C(=O)NCC(=O)OCC1CCCCC1. The van der Waals surface area contributed by atoms with E-state index in [-0.39, 0.29) is 6.54 Å². The second-order valence-electron chi connectivity index (χ2n) is 6.60. The molecule has 3 atom stereocenters. The number of aliphatic hydroxyl groups excluding tert-OH is 1. The molecular formula is C16H26N2O5. The fraction of sp³-hybridized carbons (Fsp3) is 0.875. The van der Waals surface area contributed by atoms with Crippen LogP contribution in [0, 0.1) is 16.7 Å². The van der Waals surface area contributed by atoms with Crippen molar-refractivity contribution >= 4 is 11.9 Å². The Balaban J connectivity index is 1.71. The summed E-state index contributed by atoms with van der Waals surface area (Å²) in [6.07, 6.45) is 6.52. The Bertz CT molecular complexity index is 423. The molecular weight excluding hydrogens is 300 g/mol. The summed E-state index contributed by atoms with van der Waals surface area (Å²) in [5.41, 5.74) is 0. The van der Waals surface area contributed by atoms with Crippen LogP contribution >= 0.6 is 0 Å². The molecule has 2 fully saturated rings. The van der Waals surface area contributed by atoms with Crippen LogP contribution in [0.2, 0.25) is 0 Å². The molecule has 0 bridgehead atoms. The monoisotopic (exact) mass is 326 g/mol. The smallest absolute Gasteiger partial charge is 0.325 e. The number of rotatable bonds is 6. The van der Waals surface area contributed by atoms with Gasteiger partial charge in [0.25, 0.3) is 0 Å². The second kappa shape index (κ2) is 8.96. The molecule has 0 aromatic rings. The summed E-state index contributed by atoms with van der Waals surface area (Å²) in [7, 11) is 0. The zero-order chi connectivity index (χ0) is 16.7. The number of nitrogens with zero attached hydrogens (tertiary/aromatic N) is 1. The van der Waals surface area contributed by atoms with E-state index in [9.17, 15) is 19.6 Å². The number of hydrogen-bond acceptors (Lipinski definition) is 6. The van der Waals surface area contributed by atoms with Crippen molar-refractivity contribution in [1.82, 2.24) is 5.32 Å². The molecule has 0 radical (unpaired) electrons. The molecule has 2 saturated carbocycles. The van der Waals surface area contributed by atoms with E-state index in [4.69, 9.17) is 4.74 Å². The lowest BCUT2D eigenvalue weighted by molar-refractivity contribution is -0.146. The van der Waals surface area contributed by atoms with Crippen molar-refractivity contribution in [2.75, 3.05) is 13.2 Å². The number of nitrogens with one attached hydrogen (secondary N) is 1. The molecule has 0 aromatic carbocycles. The quantitative estimate of drug-likeness (QED) is 0.569. The van der Waals surface area contributed by atoms with Gasteiger partial charge in [-0.1, -0.05) is 24.4 Å². The lowest BCUT2D eigenvalue weighted by Crippen LogP contribution is -2.47. The molecule has 3 unspecified atom stereocenters. The van der Waals surface area contributed by atoms with Crippen LogP contribution in [0.1, 0.15) is 51.4 Å². The molecule has 1 amide bonds. The van der Waals surface area contributed by atoms with E-state index < -0.39 is 29.9 Å². The Hall–Kier alpha value is -1.50. The van der Waals surface area contributed by atoms with Crippen molar-refractivity contribution in [3.63, 3.8) is 0 Å². The second-order valence-corrected chi connectivity index (χ2v) is 6.60. The molecule has 2 rings (SSSR count). The van der Waals surface area contributed by atoms with Crippen LogP contribution in [-0.2, 0) is 14.3 Å². The van der Waals surface area contributed by atoms with E-state index in [2.05, 4.69) is 10.5 Å². The van der Waals surface area contributed by atoms with E-state index in [1.807, 2.05) is 0 Å². The summed E-state index contributed by atoms with van der Waals surface area (Å²) >= 11 is 0. The van der Waals surface area contributed by atoms with E-state index in [0.717, 1.165) is 12.8 Å². The molecule has 7 nitrogen and oxygen atoms in total. The van der Waals surface area contributed by atoms with Crippen LogP contribution in [0.3, 0.4) is 0 Å². The fourth-order valence-corrected chi connectivity index (χ4v) is 3.51. The van der Waals surface area contributed by atoms with Crippen molar-refractivity contribution < 1.29 is 19.4 Å². The third kappa shape index (κ3) is 5.27. The molecule has 0 aliphatic heterocycles. The maximum atomic E-state index is 12.1. The number of ether oxygens (including phenoxy) is 1. The van der Waals surface area contributed by atoms with Gasteiger partial charge in [0, 0.05) is 0 Å². The molecule has 2 aliphatic rings. The third-order valence-corrected chi connectivity index (χ3v) is 4.88. The lowest BCUT2D eigenvalue weighted by Gasteiger charge is -2.30. The maximum absolute atomic E-state index is 12.1. The molecule has 0 spiro atoms. The van der Waals surface area contributed by atoms with Gasteiger partial charge >= 0.3 is 5.97 Å². The minimum atomic E-state index is -0.885. The van der Waals surface area contributed by atoms with E-state index in [0.29, 0.717) is 31.8 Å². The van der Waals surface area contributed by atoms with Gasteiger partial charge in [-0.3, -0.25) is 9.59 Å². The topological polar surface area (TPSA) is 105 Å². The Labute approximate surface area is 136 Å². The number of esters is 1. The highest BCUT2D eigenvalue weighted by Gasteiger charge is 2.38. The van der Waals surface area contributed by atoms with Crippen molar-refractivity contribution in [2.24, 2.45) is 17.0 Å². The zero-order valence-electron chi connectivity index (χ0n) is 13.4. The first-order valence-corrected chi connectivity index (χ1v) is 8.55. The number of carbonyl (C=O) groups is 2. The van der Waals surface area contributed by atoms with E-state index in [1.54, 1.807) is 0 Å². The number of hydrogen-bond donors (Lipinski definition) is 2. The minimum Gasteiger partial charge on any atom is -0.464 e. The normalized spacial score (nSPS) is 28.8. The first kappa shape index (κ1) is 17.8. The molecule has 130 valence electrons. The number of aliphatic hydroxyl groups is 1. The van der Waals surface area contributed by atoms with Crippen LogP contribution in [0.5, 0.6) is 0 Å². The standard InChI is InChI=1S/C16H26N2O5/c19-13-8-4-7-12(18-22)15(13)16(21)17-9-14(20)23-10-11-5-2-1-3-6-11/h11-13,15,19H,1-10H2,(H,17,21). The highest BCUT2D eigenvalue weighted by atomic mass is 16.5. The summed E-state index contributed by atoms with van der Waals surface area (Å²) in [6, 6.07) is -0.725. The van der Waals surface area contributed by atoms with Crippen LogP contribution < -0.4 is 5.32 Å². The van der Waals surface area contributed by atoms with Gasteiger partial charge in [-0.15, -0.1) is 0 Å². The largest absolute Gasteiger partial charge is 0.464 e. The molecule has 23 heavy (non-hydrogen) atoms. The van der Waals surface area contributed by atoms with Gasteiger partial charge in [-0.2, -0.15) is 4.91 Å². The average molecular weight is 326 g/mol.